The Balaban J connectivity index is 1.42. The van der Waals surface area contributed by atoms with Crippen LogP contribution in [0, 0.1) is 0 Å². The van der Waals surface area contributed by atoms with Crippen LogP contribution in [-0.4, -0.2) is 20.9 Å². The first-order valence-electron chi connectivity index (χ1n) is 9.49. The van der Waals surface area contributed by atoms with E-state index in [1.807, 2.05) is 60.7 Å². The Bertz CT molecular complexity index is 1370. The average molecular weight is 391 g/mol. The molecule has 0 saturated carbocycles. The molecule has 0 saturated heterocycles. The van der Waals surface area contributed by atoms with Crippen LogP contribution < -0.4 is 10.6 Å². The summed E-state index contributed by atoms with van der Waals surface area (Å²) in [5.41, 5.74) is 4.27. The van der Waals surface area contributed by atoms with E-state index in [1.54, 1.807) is 30.9 Å². The Labute approximate surface area is 172 Å². The number of carbonyl (C=O) groups is 1. The molecule has 0 aliphatic heterocycles. The van der Waals surface area contributed by atoms with Crippen LogP contribution in [0.3, 0.4) is 0 Å². The highest BCUT2D eigenvalue weighted by Crippen LogP contribution is 2.25. The normalized spacial score (nSPS) is 10.8. The van der Waals surface area contributed by atoms with Gasteiger partial charge < -0.3 is 10.6 Å². The van der Waals surface area contributed by atoms with Crippen LogP contribution in [0.1, 0.15) is 10.4 Å². The van der Waals surface area contributed by atoms with Crippen LogP contribution in [0.25, 0.3) is 21.8 Å². The number of rotatable bonds is 4. The third-order valence-corrected chi connectivity index (χ3v) is 4.79. The number of hydrogen-bond acceptors (Lipinski definition) is 5. The first-order chi connectivity index (χ1) is 14.8. The lowest BCUT2D eigenvalue weighted by molar-refractivity contribution is 0.102. The van der Waals surface area contributed by atoms with Crippen LogP contribution in [0.5, 0.6) is 0 Å². The Morgan fingerprint density at radius 1 is 0.733 bits per heavy atom. The van der Waals surface area contributed by atoms with E-state index in [9.17, 15) is 4.79 Å². The maximum atomic E-state index is 12.9. The number of hydrogen-bond donors (Lipinski definition) is 2. The first-order valence-corrected chi connectivity index (χ1v) is 9.49. The van der Waals surface area contributed by atoms with Gasteiger partial charge in [0, 0.05) is 29.4 Å². The highest BCUT2D eigenvalue weighted by atomic mass is 16.1. The maximum Gasteiger partial charge on any atom is 0.257 e. The van der Waals surface area contributed by atoms with Gasteiger partial charge in [-0.25, -0.2) is 0 Å². The summed E-state index contributed by atoms with van der Waals surface area (Å²) in [4.78, 5) is 25.9. The van der Waals surface area contributed by atoms with E-state index in [-0.39, 0.29) is 5.91 Å². The van der Waals surface area contributed by atoms with Crippen molar-refractivity contribution in [3.63, 3.8) is 0 Å². The molecule has 0 aliphatic carbocycles. The highest BCUT2D eigenvalue weighted by molar-refractivity contribution is 6.08. The van der Waals surface area contributed by atoms with Gasteiger partial charge in [0.25, 0.3) is 5.91 Å². The molecule has 2 aromatic carbocycles. The summed E-state index contributed by atoms with van der Waals surface area (Å²) in [7, 11) is 0. The van der Waals surface area contributed by atoms with E-state index in [4.69, 9.17) is 0 Å². The second kappa shape index (κ2) is 7.60. The molecule has 5 rings (SSSR count). The highest BCUT2D eigenvalue weighted by Gasteiger charge is 2.11. The van der Waals surface area contributed by atoms with Crippen LogP contribution in [-0.2, 0) is 0 Å². The number of amides is 1. The lowest BCUT2D eigenvalue weighted by atomic mass is 10.1. The summed E-state index contributed by atoms with van der Waals surface area (Å²) >= 11 is 0. The Morgan fingerprint density at radius 3 is 2.10 bits per heavy atom. The molecule has 30 heavy (non-hydrogen) atoms. The van der Waals surface area contributed by atoms with Crippen LogP contribution >= 0.6 is 0 Å². The van der Waals surface area contributed by atoms with E-state index >= 15 is 0 Å². The van der Waals surface area contributed by atoms with E-state index in [0.717, 1.165) is 27.5 Å². The van der Waals surface area contributed by atoms with E-state index < -0.39 is 0 Å². The van der Waals surface area contributed by atoms with Gasteiger partial charge in [-0.2, -0.15) is 0 Å². The quantitative estimate of drug-likeness (QED) is 0.442. The molecule has 2 N–H and O–H groups in total. The number of benzene rings is 2. The smallest absolute Gasteiger partial charge is 0.257 e. The van der Waals surface area contributed by atoms with Gasteiger partial charge in [-0.1, -0.05) is 36.4 Å². The van der Waals surface area contributed by atoms with Gasteiger partial charge in [-0.05, 0) is 30.3 Å². The summed E-state index contributed by atoms with van der Waals surface area (Å²) in [5, 5.41) is 8.26. The maximum absolute atomic E-state index is 12.9. The monoisotopic (exact) mass is 391 g/mol. The van der Waals surface area contributed by atoms with Crippen molar-refractivity contribution in [1.82, 2.24) is 15.0 Å². The van der Waals surface area contributed by atoms with E-state index in [1.165, 1.54) is 0 Å². The predicted molar refractivity (Wildman–Crippen MR) is 119 cm³/mol. The van der Waals surface area contributed by atoms with Gasteiger partial charge in [0.05, 0.1) is 39.9 Å². The minimum Gasteiger partial charge on any atom is -0.352 e. The molecule has 144 valence electrons. The number of carbonyl (C=O) groups excluding carboxylic acids is 1. The molecule has 6 heteroatoms. The van der Waals surface area contributed by atoms with Crippen molar-refractivity contribution in [2.45, 2.75) is 0 Å². The van der Waals surface area contributed by atoms with Crippen molar-refractivity contribution in [2.24, 2.45) is 0 Å². The Kier molecular flexibility index (Phi) is 4.50. The lowest BCUT2D eigenvalue weighted by Gasteiger charge is -2.11. The van der Waals surface area contributed by atoms with Gasteiger partial charge in [0.2, 0.25) is 0 Å². The van der Waals surface area contributed by atoms with Crippen LogP contribution in [0.15, 0.2) is 91.5 Å². The fourth-order valence-corrected chi connectivity index (χ4v) is 3.39. The summed E-state index contributed by atoms with van der Waals surface area (Å²) in [5.74, 6) is -0.250. The van der Waals surface area contributed by atoms with Crippen molar-refractivity contribution in [1.29, 1.82) is 0 Å². The van der Waals surface area contributed by atoms with Crippen molar-refractivity contribution in [2.75, 3.05) is 10.6 Å². The minimum atomic E-state index is -0.250. The van der Waals surface area contributed by atoms with Crippen molar-refractivity contribution >= 4 is 44.8 Å². The second-order valence-corrected chi connectivity index (χ2v) is 6.80. The number of aromatic nitrogens is 3. The molecule has 0 unspecified atom stereocenters. The topological polar surface area (TPSA) is 79.8 Å². The minimum absolute atomic E-state index is 0.250. The van der Waals surface area contributed by atoms with Crippen molar-refractivity contribution in [3.05, 3.63) is 97.1 Å². The number of fused-ring (bicyclic) bond motifs is 2. The number of nitrogens with one attached hydrogen (secondary N) is 2. The zero-order valence-corrected chi connectivity index (χ0v) is 15.9. The molecule has 0 fully saturated rings. The second-order valence-electron chi connectivity index (χ2n) is 6.80. The molecule has 0 atom stereocenters. The molecule has 0 spiro atoms. The van der Waals surface area contributed by atoms with Crippen LogP contribution in [0.4, 0.5) is 17.1 Å². The Morgan fingerprint density at radius 2 is 1.37 bits per heavy atom. The molecule has 6 nitrogen and oxygen atoms in total. The van der Waals surface area contributed by atoms with Gasteiger partial charge in [-0.3, -0.25) is 19.7 Å². The summed E-state index contributed by atoms with van der Waals surface area (Å²) in [6.07, 6.45) is 6.69. The largest absolute Gasteiger partial charge is 0.352 e. The van der Waals surface area contributed by atoms with Gasteiger partial charge in [0.1, 0.15) is 0 Å². The molecular formula is C24H17N5O. The number of anilines is 3. The SMILES string of the molecule is O=C(Nc1cccc2cccnc12)c1cncc(Nc2cccc3cccnc23)c1. The fraction of sp³-hybridized carbons (Fsp3) is 0. The number of nitrogens with zero attached hydrogens (tertiary/aromatic N) is 3. The summed E-state index contributed by atoms with van der Waals surface area (Å²) in [6, 6.07) is 21.1. The molecular weight excluding hydrogens is 374 g/mol. The first kappa shape index (κ1) is 17.8. The van der Waals surface area contributed by atoms with Crippen molar-refractivity contribution in [3.8, 4) is 0 Å². The molecule has 3 heterocycles. The molecule has 1 amide bonds. The number of pyridine rings is 3. The lowest BCUT2D eigenvalue weighted by Crippen LogP contribution is -2.13. The van der Waals surface area contributed by atoms with E-state index in [0.29, 0.717) is 16.9 Å². The molecule has 0 radical (unpaired) electrons. The van der Waals surface area contributed by atoms with Gasteiger partial charge in [-0.15, -0.1) is 0 Å². The molecule has 5 aromatic rings. The third-order valence-electron chi connectivity index (χ3n) is 4.79. The molecule has 3 aromatic heterocycles. The third kappa shape index (κ3) is 3.42. The van der Waals surface area contributed by atoms with Crippen LogP contribution in [0.2, 0.25) is 0 Å². The summed E-state index contributed by atoms with van der Waals surface area (Å²) < 4.78 is 0. The molecule has 0 aliphatic rings. The average Bonchev–Trinajstić information content (AvgIpc) is 2.80. The Hall–Kier alpha value is -4.32. The molecule has 0 bridgehead atoms. The van der Waals surface area contributed by atoms with Gasteiger partial charge >= 0.3 is 0 Å². The van der Waals surface area contributed by atoms with Gasteiger partial charge in [0.15, 0.2) is 0 Å². The summed E-state index contributed by atoms with van der Waals surface area (Å²) in [6.45, 7) is 0. The fourth-order valence-electron chi connectivity index (χ4n) is 3.39. The van der Waals surface area contributed by atoms with E-state index in [2.05, 4.69) is 25.6 Å². The van der Waals surface area contributed by atoms with Crippen molar-refractivity contribution < 1.29 is 4.79 Å². The zero-order chi connectivity index (χ0) is 20.3. The zero-order valence-electron chi connectivity index (χ0n) is 15.9. The number of para-hydroxylation sites is 2. The standard InChI is InChI=1S/C24H17N5O/c30-24(29-21-10-2-6-17-8-4-12-27-23(17)21)18-13-19(15-25-14-18)28-20-9-1-5-16-7-3-11-26-22(16)20/h1-15,28H,(H,29,30). The predicted octanol–water partition coefficient (Wildman–Crippen LogP) is 5.17.